The predicted molar refractivity (Wildman–Crippen MR) is 101 cm³/mol. The van der Waals surface area contributed by atoms with Crippen LogP contribution in [0.2, 0.25) is 0 Å². The number of alkyl halides is 3. The molecule has 8 heteroatoms. The lowest BCUT2D eigenvalue weighted by molar-refractivity contribution is -0.138. The Morgan fingerprint density at radius 1 is 1.17 bits per heavy atom. The molecule has 1 aromatic carbocycles. The molecule has 5 nitrogen and oxygen atoms in total. The van der Waals surface area contributed by atoms with Crippen LogP contribution in [0.1, 0.15) is 57.8 Å². The minimum atomic E-state index is -4.55. The summed E-state index contributed by atoms with van der Waals surface area (Å²) in [4.78, 5) is 41.3. The molecule has 1 heterocycles. The van der Waals surface area contributed by atoms with Crippen molar-refractivity contribution in [3.63, 3.8) is 0 Å². The molecule has 1 aliphatic carbocycles. The number of carbonyl (C=O) groups is 2. The molecule has 29 heavy (non-hydrogen) atoms. The van der Waals surface area contributed by atoms with Gasteiger partial charge in [-0.2, -0.15) is 13.2 Å². The van der Waals surface area contributed by atoms with E-state index in [9.17, 15) is 27.6 Å². The normalized spacial score (nSPS) is 15.7. The molecule has 2 aromatic rings. The Kier molecular flexibility index (Phi) is 5.15. The van der Waals surface area contributed by atoms with Crippen molar-refractivity contribution < 1.29 is 22.8 Å². The lowest BCUT2D eigenvalue weighted by atomic mass is 9.75. The van der Waals surface area contributed by atoms with Gasteiger partial charge in [-0.1, -0.05) is 32.0 Å². The maximum Gasteiger partial charge on any atom is 0.416 e. The average molecular weight is 406 g/mol. The van der Waals surface area contributed by atoms with E-state index in [-0.39, 0.29) is 40.9 Å². The van der Waals surface area contributed by atoms with Crippen LogP contribution in [0.25, 0.3) is 0 Å². The van der Waals surface area contributed by atoms with Gasteiger partial charge in [-0.05, 0) is 29.5 Å². The molecule has 0 saturated carbocycles. The predicted octanol–water partition coefficient (Wildman–Crippen LogP) is 3.82. The van der Waals surface area contributed by atoms with Gasteiger partial charge in [0.15, 0.2) is 5.78 Å². The van der Waals surface area contributed by atoms with Crippen LogP contribution in [-0.4, -0.2) is 28.6 Å². The molecule has 0 saturated heterocycles. The van der Waals surface area contributed by atoms with Crippen LogP contribution in [0, 0.1) is 5.41 Å². The van der Waals surface area contributed by atoms with Crippen LogP contribution in [0.4, 0.5) is 13.2 Å². The Morgan fingerprint density at radius 2 is 1.83 bits per heavy atom. The minimum Gasteiger partial charge on any atom is -0.337 e. The Hall–Kier alpha value is -2.90. The molecule has 0 radical (unpaired) electrons. The van der Waals surface area contributed by atoms with E-state index in [0.717, 1.165) is 11.0 Å². The van der Waals surface area contributed by atoms with Gasteiger partial charge < -0.3 is 9.88 Å². The van der Waals surface area contributed by atoms with Gasteiger partial charge >= 0.3 is 6.18 Å². The number of nitrogens with one attached hydrogen (secondary N) is 1. The van der Waals surface area contributed by atoms with Crippen LogP contribution < -0.4 is 5.56 Å². The Balaban J connectivity index is 1.91. The third-order valence-corrected chi connectivity index (χ3v) is 5.03. The number of aromatic nitrogens is 1. The molecule has 1 aliphatic rings. The first-order chi connectivity index (χ1) is 13.4. The van der Waals surface area contributed by atoms with E-state index in [1.54, 1.807) is 0 Å². The fourth-order valence-corrected chi connectivity index (χ4v) is 3.65. The highest BCUT2D eigenvalue weighted by Gasteiger charge is 2.35. The summed E-state index contributed by atoms with van der Waals surface area (Å²) in [6, 6.07) is 6.22. The monoisotopic (exact) mass is 406 g/mol. The van der Waals surface area contributed by atoms with Crippen molar-refractivity contribution in [3.05, 3.63) is 68.6 Å². The summed E-state index contributed by atoms with van der Waals surface area (Å²) in [5.41, 5.74) is -1.36. The van der Waals surface area contributed by atoms with E-state index in [0.29, 0.717) is 12.1 Å². The second-order valence-electron chi connectivity index (χ2n) is 8.16. The van der Waals surface area contributed by atoms with Crippen LogP contribution in [0.15, 0.2) is 35.1 Å². The number of halogens is 3. The van der Waals surface area contributed by atoms with Crippen molar-refractivity contribution >= 4 is 11.7 Å². The van der Waals surface area contributed by atoms with Gasteiger partial charge in [-0.15, -0.1) is 0 Å². The molecule has 0 unspecified atom stereocenters. The number of rotatable bonds is 3. The maximum atomic E-state index is 13.2. The topological polar surface area (TPSA) is 70.2 Å². The van der Waals surface area contributed by atoms with Gasteiger partial charge in [0.25, 0.3) is 11.5 Å². The van der Waals surface area contributed by atoms with Crippen molar-refractivity contribution in [2.75, 3.05) is 7.05 Å². The lowest BCUT2D eigenvalue weighted by Gasteiger charge is -2.30. The van der Waals surface area contributed by atoms with Gasteiger partial charge in [0, 0.05) is 31.3 Å². The minimum absolute atomic E-state index is 0.0805. The third kappa shape index (κ3) is 4.26. The number of pyridine rings is 1. The smallest absolute Gasteiger partial charge is 0.337 e. The molecule has 1 aromatic heterocycles. The van der Waals surface area contributed by atoms with E-state index in [1.807, 2.05) is 13.8 Å². The number of carbonyl (C=O) groups excluding carboxylic acids is 2. The van der Waals surface area contributed by atoms with E-state index < -0.39 is 23.2 Å². The number of benzene rings is 1. The molecule has 0 aliphatic heterocycles. The number of hydrogen-bond donors (Lipinski definition) is 1. The highest BCUT2D eigenvalue weighted by Crippen LogP contribution is 2.34. The third-order valence-electron chi connectivity index (χ3n) is 5.03. The number of nitrogens with zero attached hydrogens (tertiary/aromatic N) is 1. The summed E-state index contributed by atoms with van der Waals surface area (Å²) in [5, 5.41) is 0. The van der Waals surface area contributed by atoms with Crippen molar-refractivity contribution in [3.8, 4) is 0 Å². The fraction of sp³-hybridized carbons (Fsp3) is 0.381. The van der Waals surface area contributed by atoms with Crippen LogP contribution in [-0.2, 0) is 19.1 Å². The zero-order valence-corrected chi connectivity index (χ0v) is 16.3. The molecular weight excluding hydrogens is 385 g/mol. The summed E-state index contributed by atoms with van der Waals surface area (Å²) in [6.45, 7) is 3.50. The van der Waals surface area contributed by atoms with Crippen molar-refractivity contribution in [1.29, 1.82) is 0 Å². The Bertz CT molecular complexity index is 1040. The van der Waals surface area contributed by atoms with Crippen molar-refractivity contribution in [1.82, 2.24) is 9.88 Å². The molecule has 0 fully saturated rings. The second kappa shape index (κ2) is 7.17. The number of Topliss-reactive ketones (excluding diaryl/α,β-unsaturated/α-hetero) is 1. The Labute approximate surface area is 165 Å². The second-order valence-corrected chi connectivity index (χ2v) is 8.16. The zero-order valence-electron chi connectivity index (χ0n) is 16.3. The molecule has 3 rings (SSSR count). The van der Waals surface area contributed by atoms with E-state index in [2.05, 4.69) is 4.98 Å². The zero-order chi connectivity index (χ0) is 21.6. The fourth-order valence-electron chi connectivity index (χ4n) is 3.65. The molecule has 0 bridgehead atoms. The van der Waals surface area contributed by atoms with Gasteiger partial charge in [-0.25, -0.2) is 0 Å². The highest BCUT2D eigenvalue weighted by molar-refractivity contribution is 6.02. The summed E-state index contributed by atoms with van der Waals surface area (Å²) in [7, 11) is 1.32. The highest BCUT2D eigenvalue weighted by atomic mass is 19.4. The number of amides is 1. The van der Waals surface area contributed by atoms with Gasteiger partial charge in [-0.3, -0.25) is 14.4 Å². The summed E-state index contributed by atoms with van der Waals surface area (Å²) >= 11 is 0. The van der Waals surface area contributed by atoms with Crippen LogP contribution in [0.5, 0.6) is 0 Å². The van der Waals surface area contributed by atoms with Crippen LogP contribution >= 0.6 is 0 Å². The summed E-state index contributed by atoms with van der Waals surface area (Å²) < 4.78 is 39.6. The molecule has 154 valence electrons. The number of aromatic amines is 1. The average Bonchev–Trinajstić information content (AvgIpc) is 2.59. The molecule has 1 amide bonds. The van der Waals surface area contributed by atoms with Gasteiger partial charge in [0.1, 0.15) is 5.56 Å². The standard InChI is InChI=1S/C21H21F3N2O3/c1-20(2)9-16-13(17(27)10-20)8-14(18(28)25-16)19(29)26(3)11-12-6-4-5-7-15(12)21(22,23)24/h4-8H,9-11H2,1-3H3,(H,25,28). The molecule has 1 N–H and O–H groups in total. The first-order valence-electron chi connectivity index (χ1n) is 9.09. The maximum absolute atomic E-state index is 13.2. The van der Waals surface area contributed by atoms with Crippen molar-refractivity contribution in [2.24, 2.45) is 5.41 Å². The first kappa shape index (κ1) is 20.8. The quantitative estimate of drug-likeness (QED) is 0.843. The van der Waals surface area contributed by atoms with Gasteiger partial charge in [0.2, 0.25) is 0 Å². The SMILES string of the molecule is CN(Cc1ccccc1C(F)(F)F)C(=O)c1cc2c([nH]c1=O)CC(C)(C)CC2=O. The number of fused-ring (bicyclic) bond motifs is 1. The number of ketones is 1. The summed E-state index contributed by atoms with van der Waals surface area (Å²) in [5.74, 6) is -0.921. The van der Waals surface area contributed by atoms with E-state index >= 15 is 0 Å². The van der Waals surface area contributed by atoms with Gasteiger partial charge in [0.05, 0.1) is 5.56 Å². The molecular formula is C21H21F3N2O3. The van der Waals surface area contributed by atoms with Crippen molar-refractivity contribution in [2.45, 2.75) is 39.4 Å². The van der Waals surface area contributed by atoms with E-state index in [4.69, 9.17) is 0 Å². The first-order valence-corrected chi connectivity index (χ1v) is 9.09. The molecule has 0 spiro atoms. The van der Waals surface area contributed by atoms with E-state index in [1.165, 1.54) is 31.3 Å². The van der Waals surface area contributed by atoms with Crippen LogP contribution in [0.3, 0.4) is 0 Å². The Morgan fingerprint density at radius 3 is 2.48 bits per heavy atom. The summed E-state index contributed by atoms with van der Waals surface area (Å²) in [6.07, 6.45) is -3.77. The number of H-pyrrole nitrogens is 1. The number of hydrogen-bond acceptors (Lipinski definition) is 3. The largest absolute Gasteiger partial charge is 0.416 e. The lowest BCUT2D eigenvalue weighted by Crippen LogP contribution is -2.35. The molecule has 0 atom stereocenters.